The molecule has 5 heteroatoms. The molecule has 4 nitrogen and oxygen atoms in total. The molecule has 5 unspecified atom stereocenters. The molecule has 0 saturated heterocycles. The van der Waals surface area contributed by atoms with Crippen LogP contribution in [-0.4, -0.2) is 24.0 Å². The van der Waals surface area contributed by atoms with Crippen molar-refractivity contribution in [3.05, 3.63) is 29.3 Å². The first-order chi connectivity index (χ1) is 17.7. The molecular weight excluding hydrogens is 496 g/mol. The third-order valence-corrected chi connectivity index (χ3v) is 10.5. The molecule has 2 rings (SSSR count). The highest BCUT2D eigenvalue weighted by atomic mass is 35.5. The van der Waals surface area contributed by atoms with Crippen LogP contribution in [0.4, 0.5) is 0 Å². The van der Waals surface area contributed by atoms with E-state index in [1.54, 1.807) is 13.0 Å². The average Bonchev–Trinajstić information content (AvgIpc) is 2.86. The van der Waals surface area contributed by atoms with Gasteiger partial charge in [0.25, 0.3) is 0 Å². The van der Waals surface area contributed by atoms with Gasteiger partial charge in [-0.3, -0.25) is 4.79 Å². The van der Waals surface area contributed by atoms with Crippen molar-refractivity contribution in [1.29, 1.82) is 0 Å². The summed E-state index contributed by atoms with van der Waals surface area (Å²) in [6.45, 7) is 18.7. The first kappa shape index (κ1) is 32.7. The van der Waals surface area contributed by atoms with Crippen molar-refractivity contribution in [2.75, 3.05) is 6.61 Å². The number of ether oxygens (including phenoxy) is 1. The zero-order chi connectivity index (χ0) is 28.7. The fourth-order valence-electron chi connectivity index (χ4n) is 5.93. The van der Waals surface area contributed by atoms with Crippen molar-refractivity contribution in [3.63, 3.8) is 0 Å². The minimum atomic E-state index is -1.64. The quantitative estimate of drug-likeness (QED) is 0.165. The Hall–Kier alpha value is -1.55. The number of carboxylic acids is 1. The lowest BCUT2D eigenvalue weighted by molar-refractivity contribution is -0.152. The molecule has 1 aliphatic rings. The van der Waals surface area contributed by atoms with Gasteiger partial charge in [0.15, 0.2) is 0 Å². The van der Waals surface area contributed by atoms with Crippen molar-refractivity contribution in [2.24, 2.45) is 34.5 Å². The van der Waals surface area contributed by atoms with Gasteiger partial charge in [-0.1, -0.05) is 80.2 Å². The molecule has 0 amide bonds. The van der Waals surface area contributed by atoms with Crippen LogP contribution in [0.15, 0.2) is 18.2 Å². The van der Waals surface area contributed by atoms with Crippen LogP contribution >= 0.6 is 11.6 Å². The lowest BCUT2D eigenvalue weighted by Crippen LogP contribution is -2.47. The fourth-order valence-corrected chi connectivity index (χ4v) is 6.22. The van der Waals surface area contributed by atoms with E-state index in [2.05, 4.69) is 48.5 Å². The number of alkyl halides is 1. The van der Waals surface area contributed by atoms with Gasteiger partial charge in [0.05, 0.1) is 12.0 Å². The van der Waals surface area contributed by atoms with Crippen LogP contribution in [-0.2, 0) is 20.9 Å². The number of rotatable bonds is 16. The predicted molar refractivity (Wildman–Crippen MR) is 158 cm³/mol. The summed E-state index contributed by atoms with van der Waals surface area (Å²) >= 11 is 6.96. The monoisotopic (exact) mass is 548 g/mol. The van der Waals surface area contributed by atoms with E-state index in [0.29, 0.717) is 54.5 Å². The summed E-state index contributed by atoms with van der Waals surface area (Å²) in [5.41, 5.74) is 0.414. The van der Waals surface area contributed by atoms with E-state index in [1.165, 1.54) is 19.3 Å². The van der Waals surface area contributed by atoms with Gasteiger partial charge in [0.1, 0.15) is 16.9 Å². The topological polar surface area (TPSA) is 63.6 Å². The highest BCUT2D eigenvalue weighted by Gasteiger charge is 2.53. The van der Waals surface area contributed by atoms with E-state index >= 15 is 0 Å². The molecule has 1 aromatic carbocycles. The van der Waals surface area contributed by atoms with E-state index in [0.717, 1.165) is 42.9 Å². The summed E-state index contributed by atoms with van der Waals surface area (Å²) in [6.07, 6.45) is 9.29. The molecule has 5 atom stereocenters. The van der Waals surface area contributed by atoms with Crippen LogP contribution in [0.25, 0.3) is 0 Å². The highest BCUT2D eigenvalue weighted by Crippen LogP contribution is 2.49. The van der Waals surface area contributed by atoms with Gasteiger partial charge in [-0.05, 0) is 91.4 Å². The van der Waals surface area contributed by atoms with E-state index < -0.39 is 16.3 Å². The Kier molecular flexibility index (Phi) is 11.8. The van der Waals surface area contributed by atoms with Gasteiger partial charge in [0.2, 0.25) is 0 Å². The Morgan fingerprint density at radius 3 is 2.32 bits per heavy atom. The average molecular weight is 549 g/mol. The molecule has 0 aliphatic carbocycles. The zero-order valence-electron chi connectivity index (χ0n) is 25.2. The van der Waals surface area contributed by atoms with Crippen LogP contribution in [0.5, 0.6) is 5.75 Å². The maximum Gasteiger partial charge on any atom is 0.311 e. The van der Waals surface area contributed by atoms with Crippen LogP contribution < -0.4 is 4.74 Å². The van der Waals surface area contributed by atoms with Gasteiger partial charge < -0.3 is 14.6 Å². The van der Waals surface area contributed by atoms with Gasteiger partial charge >= 0.3 is 5.97 Å². The Labute approximate surface area is 237 Å². The molecule has 0 radical (unpaired) electrons. The molecule has 1 N–H and O–H groups in total. The number of carbonyl (C=O) groups is 2. The summed E-state index contributed by atoms with van der Waals surface area (Å²) < 4.78 is 5.70. The summed E-state index contributed by atoms with van der Waals surface area (Å²) in [5.74, 6) is 2.13. The molecule has 0 aromatic heterocycles. The first-order valence-electron chi connectivity index (χ1n) is 14.8. The molecule has 0 saturated carbocycles. The Morgan fingerprint density at radius 2 is 1.71 bits per heavy atom. The summed E-state index contributed by atoms with van der Waals surface area (Å²) in [4.78, 5) is 23.4. The highest BCUT2D eigenvalue weighted by molar-refractivity contribution is 6.33. The van der Waals surface area contributed by atoms with Gasteiger partial charge in [-0.15, -0.1) is 11.6 Å². The fraction of sp³-hybridized carbons (Fsp3) is 0.758. The normalized spacial score (nSPS) is 19.4. The van der Waals surface area contributed by atoms with Crippen molar-refractivity contribution < 1.29 is 19.4 Å². The lowest BCUT2D eigenvalue weighted by atomic mass is 9.68. The van der Waals surface area contributed by atoms with Crippen molar-refractivity contribution >= 4 is 23.9 Å². The van der Waals surface area contributed by atoms with Crippen molar-refractivity contribution in [3.8, 4) is 5.75 Å². The molecule has 216 valence electrons. The molecule has 38 heavy (non-hydrogen) atoms. The molecule has 1 aliphatic heterocycles. The third-order valence-electron chi connectivity index (χ3n) is 9.74. The second-order valence-electron chi connectivity index (χ2n) is 13.5. The number of aryl methyl sites for hydroxylation is 1. The van der Waals surface area contributed by atoms with Crippen molar-refractivity contribution in [2.45, 2.75) is 118 Å². The third kappa shape index (κ3) is 7.77. The summed E-state index contributed by atoms with van der Waals surface area (Å²) in [6, 6.07) is 5.44. The number of carboxylic acid groups (broad SMARTS) is 1. The minimum Gasteiger partial charge on any atom is -0.493 e. The van der Waals surface area contributed by atoms with E-state index in [-0.39, 0.29) is 0 Å². The molecule has 0 spiro atoms. The van der Waals surface area contributed by atoms with E-state index in [1.807, 2.05) is 12.1 Å². The number of benzene rings is 1. The van der Waals surface area contributed by atoms with Crippen LogP contribution in [0.2, 0.25) is 0 Å². The Bertz CT molecular complexity index is 926. The largest absolute Gasteiger partial charge is 0.493 e. The van der Waals surface area contributed by atoms with Gasteiger partial charge in [-0.25, -0.2) is 0 Å². The van der Waals surface area contributed by atoms with Crippen LogP contribution in [0.3, 0.4) is 0 Å². The van der Waals surface area contributed by atoms with E-state index in [9.17, 15) is 14.7 Å². The molecule has 0 bridgehead atoms. The number of hydrogen-bond donors (Lipinski definition) is 1. The second kappa shape index (κ2) is 13.7. The maximum atomic E-state index is 12.6. The summed E-state index contributed by atoms with van der Waals surface area (Å²) in [7, 11) is 0. The van der Waals surface area contributed by atoms with Crippen LogP contribution in [0.1, 0.15) is 118 Å². The Balaban J connectivity index is 2.05. The Morgan fingerprint density at radius 1 is 1.05 bits per heavy atom. The van der Waals surface area contributed by atoms with Crippen LogP contribution in [0, 0.1) is 34.5 Å². The predicted octanol–water partition coefficient (Wildman–Crippen LogP) is 9.06. The molecule has 0 fully saturated rings. The maximum absolute atomic E-state index is 12.6. The number of halogens is 1. The standard InChI is InChI=1S/C33H53ClO4/c1-23(2)12-9-17-31(6,7)26(5)20-25(4)24(3)13-10-18-32(8,30(36)37)33(34,22-35)28-15-16-29-27(21-28)14-11-19-38-29/h15-16,21-26H,9-14,17-20H2,1-8H3,(H,36,37). The SMILES string of the molecule is CC(C)CCCC(C)(C)C(C)CC(C)C(C)CCCC(C)(C(=O)O)C(Cl)(C=O)c1ccc2c(c1)CCCO2. The minimum absolute atomic E-state index is 0.312. The molecular formula is C33H53ClO4. The zero-order valence-corrected chi connectivity index (χ0v) is 26.0. The number of fused-ring (bicyclic) bond motifs is 1. The lowest BCUT2D eigenvalue weighted by Gasteiger charge is -2.39. The number of hydrogen-bond acceptors (Lipinski definition) is 3. The van der Waals surface area contributed by atoms with Crippen molar-refractivity contribution in [1.82, 2.24) is 0 Å². The number of carbonyl (C=O) groups excluding carboxylic acids is 1. The smallest absolute Gasteiger partial charge is 0.311 e. The second-order valence-corrected chi connectivity index (χ2v) is 14.1. The van der Waals surface area contributed by atoms with Gasteiger partial charge in [-0.2, -0.15) is 0 Å². The van der Waals surface area contributed by atoms with E-state index in [4.69, 9.17) is 16.3 Å². The molecule has 1 heterocycles. The van der Waals surface area contributed by atoms with Gasteiger partial charge in [0, 0.05) is 0 Å². The first-order valence-corrected chi connectivity index (χ1v) is 15.2. The number of aldehydes is 1. The molecule has 1 aromatic rings. The summed E-state index contributed by atoms with van der Waals surface area (Å²) in [5, 5.41) is 10.3. The number of aliphatic carboxylic acids is 1.